The van der Waals surface area contributed by atoms with E-state index < -0.39 is 23.4 Å². The summed E-state index contributed by atoms with van der Waals surface area (Å²) >= 11 is 0. The number of aryl methyl sites for hydroxylation is 2. The van der Waals surface area contributed by atoms with E-state index >= 15 is 0 Å². The fourth-order valence-electron chi connectivity index (χ4n) is 2.20. The molecule has 0 unspecified atom stereocenters. The number of nitrogens with two attached hydrogens (primary N) is 1. The topological polar surface area (TPSA) is 125 Å². The molecule has 0 spiro atoms. The Balaban J connectivity index is 1.97. The van der Waals surface area contributed by atoms with Crippen LogP contribution in [0.3, 0.4) is 0 Å². The van der Waals surface area contributed by atoms with Crippen molar-refractivity contribution in [3.05, 3.63) is 63.2 Å². The maximum atomic E-state index is 12.0. The molecule has 0 aliphatic heterocycles. The van der Waals surface area contributed by atoms with Gasteiger partial charge in [0.15, 0.2) is 6.61 Å². The summed E-state index contributed by atoms with van der Waals surface area (Å²) in [5, 5.41) is 13.3. The predicted octanol–water partition coefficient (Wildman–Crippen LogP) is 2.59. The van der Waals surface area contributed by atoms with Crippen LogP contribution < -0.4 is 11.1 Å². The molecule has 0 aromatic heterocycles. The van der Waals surface area contributed by atoms with Crippen molar-refractivity contribution in [3.63, 3.8) is 0 Å². The number of nitro groups is 1. The number of carbonyl (C=O) groups excluding carboxylic acids is 2. The number of nitro benzene ring substituents is 1. The maximum Gasteiger partial charge on any atom is 0.340 e. The van der Waals surface area contributed by atoms with Gasteiger partial charge < -0.3 is 15.8 Å². The van der Waals surface area contributed by atoms with Gasteiger partial charge in [-0.15, -0.1) is 0 Å². The SMILES string of the molecule is Cc1ccc(NC(=O)COC(=O)c2ccc([N+](=O)[O-])cc2N)c(C)c1. The van der Waals surface area contributed by atoms with Crippen LogP contribution in [0, 0.1) is 24.0 Å². The largest absolute Gasteiger partial charge is 0.452 e. The molecular formula is C17H17N3O5. The summed E-state index contributed by atoms with van der Waals surface area (Å²) in [6, 6.07) is 8.93. The summed E-state index contributed by atoms with van der Waals surface area (Å²) in [6.07, 6.45) is 0. The molecule has 0 radical (unpaired) electrons. The van der Waals surface area contributed by atoms with Crippen molar-refractivity contribution >= 4 is 28.9 Å². The minimum atomic E-state index is -0.830. The van der Waals surface area contributed by atoms with Gasteiger partial charge in [0, 0.05) is 17.8 Å². The number of ether oxygens (including phenoxy) is 1. The minimum Gasteiger partial charge on any atom is -0.452 e. The van der Waals surface area contributed by atoms with E-state index in [0.717, 1.165) is 23.3 Å². The van der Waals surface area contributed by atoms with Crippen molar-refractivity contribution in [3.8, 4) is 0 Å². The number of nitrogens with one attached hydrogen (secondary N) is 1. The monoisotopic (exact) mass is 343 g/mol. The number of anilines is 2. The molecule has 8 heteroatoms. The van der Waals surface area contributed by atoms with Crippen LogP contribution in [0.1, 0.15) is 21.5 Å². The summed E-state index contributed by atoms with van der Waals surface area (Å²) in [6.45, 7) is 3.30. The van der Waals surface area contributed by atoms with Gasteiger partial charge in [-0.2, -0.15) is 0 Å². The van der Waals surface area contributed by atoms with Crippen molar-refractivity contribution in [2.45, 2.75) is 13.8 Å². The first kappa shape index (κ1) is 17.9. The second kappa shape index (κ2) is 7.43. The molecule has 1 amide bonds. The third kappa shape index (κ3) is 4.54. The second-order valence-corrected chi connectivity index (χ2v) is 5.47. The quantitative estimate of drug-likeness (QED) is 0.372. The Morgan fingerprint density at radius 2 is 1.92 bits per heavy atom. The summed E-state index contributed by atoms with van der Waals surface area (Å²) in [7, 11) is 0. The van der Waals surface area contributed by atoms with E-state index in [2.05, 4.69) is 5.32 Å². The lowest BCUT2D eigenvalue weighted by Gasteiger charge is -2.10. The summed E-state index contributed by atoms with van der Waals surface area (Å²) in [4.78, 5) is 33.9. The van der Waals surface area contributed by atoms with Crippen molar-refractivity contribution in [1.82, 2.24) is 0 Å². The first-order valence-electron chi connectivity index (χ1n) is 7.36. The number of hydrogen-bond donors (Lipinski definition) is 2. The molecule has 8 nitrogen and oxygen atoms in total. The minimum absolute atomic E-state index is 0.0371. The fourth-order valence-corrected chi connectivity index (χ4v) is 2.20. The third-order valence-corrected chi connectivity index (χ3v) is 3.46. The number of hydrogen-bond acceptors (Lipinski definition) is 6. The van der Waals surface area contributed by atoms with E-state index in [1.807, 2.05) is 26.0 Å². The average Bonchev–Trinajstić information content (AvgIpc) is 2.55. The summed E-state index contributed by atoms with van der Waals surface area (Å²) < 4.78 is 4.91. The Bertz CT molecular complexity index is 848. The number of nitrogens with zero attached hydrogens (tertiary/aromatic N) is 1. The average molecular weight is 343 g/mol. The molecule has 0 bridgehead atoms. The standard InChI is InChI=1S/C17H17N3O5/c1-10-3-6-15(11(2)7-10)19-16(21)9-25-17(22)13-5-4-12(20(23)24)8-14(13)18/h3-8H,9,18H2,1-2H3,(H,19,21). The van der Waals surface area contributed by atoms with Gasteiger partial charge in [-0.25, -0.2) is 4.79 Å². The van der Waals surface area contributed by atoms with Gasteiger partial charge in [-0.05, 0) is 31.5 Å². The maximum absolute atomic E-state index is 12.0. The number of rotatable bonds is 5. The van der Waals surface area contributed by atoms with Gasteiger partial charge in [0.25, 0.3) is 11.6 Å². The Morgan fingerprint density at radius 1 is 1.20 bits per heavy atom. The zero-order valence-corrected chi connectivity index (χ0v) is 13.7. The predicted molar refractivity (Wildman–Crippen MR) is 92.3 cm³/mol. The highest BCUT2D eigenvalue weighted by Crippen LogP contribution is 2.20. The van der Waals surface area contributed by atoms with Crippen LogP contribution in [0.15, 0.2) is 36.4 Å². The van der Waals surface area contributed by atoms with Crippen LogP contribution in [-0.4, -0.2) is 23.4 Å². The van der Waals surface area contributed by atoms with E-state index in [9.17, 15) is 19.7 Å². The lowest BCUT2D eigenvalue weighted by Crippen LogP contribution is -2.21. The highest BCUT2D eigenvalue weighted by Gasteiger charge is 2.17. The van der Waals surface area contributed by atoms with Gasteiger partial charge >= 0.3 is 5.97 Å². The summed E-state index contributed by atoms with van der Waals surface area (Å²) in [5.74, 6) is -1.33. The van der Waals surface area contributed by atoms with E-state index in [4.69, 9.17) is 10.5 Å². The number of amides is 1. The molecule has 3 N–H and O–H groups in total. The molecule has 0 heterocycles. The first-order valence-corrected chi connectivity index (χ1v) is 7.36. The van der Waals surface area contributed by atoms with Crippen LogP contribution in [0.4, 0.5) is 17.1 Å². The molecule has 2 aromatic carbocycles. The highest BCUT2D eigenvalue weighted by atomic mass is 16.6. The van der Waals surface area contributed by atoms with E-state index in [1.54, 1.807) is 6.07 Å². The smallest absolute Gasteiger partial charge is 0.340 e. The molecule has 0 saturated heterocycles. The van der Waals surface area contributed by atoms with Gasteiger partial charge in [0.2, 0.25) is 0 Å². The molecule has 130 valence electrons. The second-order valence-electron chi connectivity index (χ2n) is 5.47. The van der Waals surface area contributed by atoms with E-state index in [1.165, 1.54) is 6.07 Å². The van der Waals surface area contributed by atoms with E-state index in [0.29, 0.717) is 5.69 Å². The molecule has 25 heavy (non-hydrogen) atoms. The van der Waals surface area contributed by atoms with Crippen molar-refractivity contribution in [2.24, 2.45) is 0 Å². The Labute approximate surface area is 143 Å². The van der Waals surface area contributed by atoms with Crippen LogP contribution >= 0.6 is 0 Å². The normalized spacial score (nSPS) is 10.2. The van der Waals surface area contributed by atoms with Crippen LogP contribution in [-0.2, 0) is 9.53 Å². The summed E-state index contributed by atoms with van der Waals surface area (Å²) in [5.41, 5.74) is 7.84. The van der Waals surface area contributed by atoms with E-state index in [-0.39, 0.29) is 16.9 Å². The van der Waals surface area contributed by atoms with Crippen molar-refractivity contribution in [2.75, 3.05) is 17.7 Å². The third-order valence-electron chi connectivity index (χ3n) is 3.46. The Kier molecular flexibility index (Phi) is 5.33. The van der Waals surface area contributed by atoms with Crippen LogP contribution in [0.2, 0.25) is 0 Å². The Hall–Kier alpha value is -3.42. The first-order chi connectivity index (χ1) is 11.8. The number of non-ortho nitro benzene ring substituents is 1. The number of benzene rings is 2. The Morgan fingerprint density at radius 3 is 2.52 bits per heavy atom. The molecule has 0 saturated carbocycles. The lowest BCUT2D eigenvalue weighted by molar-refractivity contribution is -0.384. The number of esters is 1. The zero-order valence-electron chi connectivity index (χ0n) is 13.7. The molecule has 2 aromatic rings. The van der Waals surface area contributed by atoms with Gasteiger partial charge in [0.1, 0.15) is 0 Å². The zero-order chi connectivity index (χ0) is 18.6. The fraction of sp³-hybridized carbons (Fsp3) is 0.176. The number of carbonyl (C=O) groups is 2. The van der Waals surface area contributed by atoms with Gasteiger partial charge in [-0.1, -0.05) is 17.7 Å². The van der Waals surface area contributed by atoms with Crippen LogP contribution in [0.5, 0.6) is 0 Å². The van der Waals surface area contributed by atoms with Crippen molar-refractivity contribution in [1.29, 1.82) is 0 Å². The van der Waals surface area contributed by atoms with Gasteiger partial charge in [0.05, 0.1) is 16.2 Å². The van der Waals surface area contributed by atoms with Gasteiger partial charge in [-0.3, -0.25) is 14.9 Å². The van der Waals surface area contributed by atoms with Crippen molar-refractivity contribution < 1.29 is 19.2 Å². The molecule has 0 fully saturated rings. The molecular weight excluding hydrogens is 326 g/mol. The molecule has 0 atom stereocenters. The lowest BCUT2D eigenvalue weighted by atomic mass is 10.1. The van der Waals surface area contributed by atoms with Crippen LogP contribution in [0.25, 0.3) is 0 Å². The highest BCUT2D eigenvalue weighted by molar-refractivity contribution is 5.98. The number of nitrogen functional groups attached to an aromatic ring is 1. The molecule has 0 aliphatic carbocycles. The molecule has 2 rings (SSSR count). The molecule has 0 aliphatic rings.